The van der Waals surface area contributed by atoms with Gasteiger partial charge in [0.1, 0.15) is 5.82 Å². The van der Waals surface area contributed by atoms with Gasteiger partial charge in [0.25, 0.3) is 0 Å². The molecule has 2 N–H and O–H groups in total. The van der Waals surface area contributed by atoms with E-state index in [4.69, 9.17) is 15.2 Å². The molecule has 102 valence electrons. The molecule has 1 aromatic rings. The quantitative estimate of drug-likeness (QED) is 0.785. The van der Waals surface area contributed by atoms with Crippen molar-refractivity contribution < 1.29 is 9.47 Å². The van der Waals surface area contributed by atoms with Crippen LogP contribution in [0.15, 0.2) is 16.7 Å². The van der Waals surface area contributed by atoms with E-state index in [1.54, 1.807) is 20.4 Å². The van der Waals surface area contributed by atoms with E-state index < -0.39 is 0 Å². The van der Waals surface area contributed by atoms with Gasteiger partial charge in [-0.1, -0.05) is 0 Å². The minimum atomic E-state index is 0.457. The van der Waals surface area contributed by atoms with Crippen molar-refractivity contribution in [3.05, 3.63) is 22.3 Å². The predicted molar refractivity (Wildman–Crippen MR) is 75.8 cm³/mol. The molecule has 0 atom stereocenters. The van der Waals surface area contributed by atoms with E-state index in [1.165, 1.54) is 0 Å². The molecule has 1 rings (SSSR count). The Labute approximate surface area is 116 Å². The summed E-state index contributed by atoms with van der Waals surface area (Å²) in [6.07, 6.45) is 1.78. The summed E-state index contributed by atoms with van der Waals surface area (Å²) >= 11 is 3.41. The lowest BCUT2D eigenvalue weighted by molar-refractivity contribution is 0.190. The number of ether oxygens (including phenoxy) is 2. The van der Waals surface area contributed by atoms with Crippen LogP contribution >= 0.6 is 15.9 Å². The lowest BCUT2D eigenvalue weighted by Crippen LogP contribution is -2.32. The highest BCUT2D eigenvalue weighted by Crippen LogP contribution is 2.21. The lowest BCUT2D eigenvalue weighted by Gasteiger charge is -2.25. The van der Waals surface area contributed by atoms with Crippen LogP contribution in [0.3, 0.4) is 0 Å². The van der Waals surface area contributed by atoms with E-state index in [2.05, 4.69) is 25.8 Å². The van der Waals surface area contributed by atoms with E-state index >= 15 is 0 Å². The summed E-state index contributed by atoms with van der Waals surface area (Å²) in [5.41, 5.74) is 6.78. The van der Waals surface area contributed by atoms with Gasteiger partial charge in [0.15, 0.2) is 0 Å². The Morgan fingerprint density at radius 2 is 1.89 bits per heavy atom. The van der Waals surface area contributed by atoms with E-state index in [9.17, 15) is 0 Å². The van der Waals surface area contributed by atoms with Crippen molar-refractivity contribution in [1.29, 1.82) is 0 Å². The number of hydrogen-bond donors (Lipinski definition) is 1. The van der Waals surface area contributed by atoms with Crippen LogP contribution in [-0.4, -0.2) is 45.5 Å². The molecule has 0 saturated carbocycles. The maximum atomic E-state index is 5.76. The lowest BCUT2D eigenvalue weighted by atomic mass is 10.2. The number of pyridine rings is 1. The van der Waals surface area contributed by atoms with Crippen LogP contribution in [0.4, 0.5) is 5.82 Å². The summed E-state index contributed by atoms with van der Waals surface area (Å²) < 4.78 is 11.2. The highest BCUT2D eigenvalue weighted by Gasteiger charge is 2.12. The van der Waals surface area contributed by atoms with Crippen LogP contribution in [0.2, 0.25) is 0 Å². The molecule has 0 bridgehead atoms. The number of hydrogen-bond acceptors (Lipinski definition) is 5. The molecule has 18 heavy (non-hydrogen) atoms. The van der Waals surface area contributed by atoms with Gasteiger partial charge in [-0.3, -0.25) is 0 Å². The number of nitrogens with zero attached hydrogens (tertiary/aromatic N) is 2. The molecule has 0 radical (unpaired) electrons. The van der Waals surface area contributed by atoms with Crippen molar-refractivity contribution in [1.82, 2.24) is 4.98 Å². The fourth-order valence-corrected chi connectivity index (χ4v) is 2.01. The Hall–Kier alpha value is -0.690. The summed E-state index contributed by atoms with van der Waals surface area (Å²) in [4.78, 5) is 6.57. The van der Waals surface area contributed by atoms with Gasteiger partial charge in [0, 0.05) is 50.1 Å². The monoisotopic (exact) mass is 317 g/mol. The summed E-state index contributed by atoms with van der Waals surface area (Å²) in [6, 6.07) is 1.99. The maximum Gasteiger partial charge on any atom is 0.133 e. The van der Waals surface area contributed by atoms with E-state index in [0.717, 1.165) is 28.9 Å². The van der Waals surface area contributed by atoms with Gasteiger partial charge in [0.2, 0.25) is 0 Å². The van der Waals surface area contributed by atoms with E-state index in [0.29, 0.717) is 19.8 Å². The van der Waals surface area contributed by atoms with Gasteiger partial charge in [-0.2, -0.15) is 0 Å². The molecule has 0 aliphatic rings. The first kappa shape index (κ1) is 15.4. The summed E-state index contributed by atoms with van der Waals surface area (Å²) in [5, 5.41) is 0. The van der Waals surface area contributed by atoms with E-state index in [-0.39, 0.29) is 0 Å². The van der Waals surface area contributed by atoms with Crippen molar-refractivity contribution in [3.63, 3.8) is 0 Å². The number of rotatable bonds is 8. The highest BCUT2D eigenvalue weighted by molar-refractivity contribution is 9.10. The Bertz CT molecular complexity index is 355. The number of nitrogens with two attached hydrogens (primary N) is 1. The predicted octanol–water partition coefficient (Wildman–Crippen LogP) is 1.40. The van der Waals surface area contributed by atoms with Gasteiger partial charge < -0.3 is 20.1 Å². The number of anilines is 1. The third-order valence-corrected chi connectivity index (χ3v) is 2.99. The van der Waals surface area contributed by atoms with Crippen molar-refractivity contribution in [2.24, 2.45) is 5.73 Å². The normalized spacial score (nSPS) is 10.7. The van der Waals surface area contributed by atoms with Gasteiger partial charge in [-0.15, -0.1) is 0 Å². The average molecular weight is 318 g/mol. The maximum absolute atomic E-state index is 5.76. The Kier molecular flexibility index (Phi) is 7.19. The van der Waals surface area contributed by atoms with Gasteiger partial charge >= 0.3 is 0 Å². The molecular weight excluding hydrogens is 298 g/mol. The average Bonchev–Trinajstić information content (AvgIpc) is 2.39. The minimum Gasteiger partial charge on any atom is -0.383 e. The zero-order valence-electron chi connectivity index (χ0n) is 10.9. The molecule has 6 heteroatoms. The third-order valence-electron chi connectivity index (χ3n) is 2.56. The van der Waals surface area contributed by atoms with Crippen molar-refractivity contribution in [3.8, 4) is 0 Å². The molecule has 0 unspecified atom stereocenters. The van der Waals surface area contributed by atoms with Crippen LogP contribution < -0.4 is 10.6 Å². The number of methoxy groups -OCH3 is 2. The first-order valence-corrected chi connectivity index (χ1v) is 6.59. The van der Waals surface area contributed by atoms with Crippen LogP contribution in [0.1, 0.15) is 5.56 Å². The van der Waals surface area contributed by atoms with Crippen LogP contribution in [0, 0.1) is 0 Å². The van der Waals surface area contributed by atoms with E-state index in [1.807, 2.05) is 6.07 Å². The molecule has 0 aliphatic heterocycles. The largest absolute Gasteiger partial charge is 0.383 e. The zero-order chi connectivity index (χ0) is 13.4. The second-order valence-electron chi connectivity index (χ2n) is 3.81. The Morgan fingerprint density at radius 1 is 1.28 bits per heavy atom. The smallest absolute Gasteiger partial charge is 0.133 e. The first-order chi connectivity index (χ1) is 8.72. The molecule has 0 saturated heterocycles. The van der Waals surface area contributed by atoms with Crippen LogP contribution in [0.5, 0.6) is 0 Å². The molecule has 0 aromatic carbocycles. The molecule has 0 spiro atoms. The van der Waals surface area contributed by atoms with Crippen LogP contribution in [-0.2, 0) is 16.0 Å². The fraction of sp³-hybridized carbons (Fsp3) is 0.583. The van der Waals surface area contributed by atoms with Crippen molar-refractivity contribution >= 4 is 21.7 Å². The SMILES string of the molecule is COCCN(CCOC)c1ncc(Br)cc1CN. The highest BCUT2D eigenvalue weighted by atomic mass is 79.9. The van der Waals surface area contributed by atoms with Gasteiger partial charge in [0.05, 0.1) is 13.2 Å². The molecule has 1 aromatic heterocycles. The van der Waals surface area contributed by atoms with Crippen molar-refractivity contribution in [2.75, 3.05) is 45.4 Å². The Balaban J connectivity index is 2.88. The molecule has 0 aliphatic carbocycles. The van der Waals surface area contributed by atoms with Crippen LogP contribution in [0.25, 0.3) is 0 Å². The standard InChI is InChI=1S/C12H20BrN3O2/c1-17-5-3-16(4-6-18-2)12-10(8-14)7-11(13)9-15-12/h7,9H,3-6,8,14H2,1-2H3. The minimum absolute atomic E-state index is 0.457. The summed E-state index contributed by atoms with van der Waals surface area (Å²) in [5.74, 6) is 0.898. The summed E-state index contributed by atoms with van der Waals surface area (Å²) in [7, 11) is 3.38. The number of aromatic nitrogens is 1. The molecule has 0 fully saturated rings. The Morgan fingerprint density at radius 3 is 2.39 bits per heavy atom. The number of halogens is 1. The molecule has 5 nitrogen and oxygen atoms in total. The van der Waals surface area contributed by atoms with Gasteiger partial charge in [-0.05, 0) is 22.0 Å². The molecule has 1 heterocycles. The summed E-state index contributed by atoms with van der Waals surface area (Å²) in [6.45, 7) is 3.28. The second-order valence-corrected chi connectivity index (χ2v) is 4.73. The first-order valence-electron chi connectivity index (χ1n) is 5.80. The zero-order valence-corrected chi connectivity index (χ0v) is 12.4. The van der Waals surface area contributed by atoms with Gasteiger partial charge in [-0.25, -0.2) is 4.98 Å². The topological polar surface area (TPSA) is 60.6 Å². The molecular formula is C12H20BrN3O2. The fourth-order valence-electron chi connectivity index (χ4n) is 1.64. The second kappa shape index (κ2) is 8.42. The molecule has 0 amide bonds. The third kappa shape index (κ3) is 4.53. The van der Waals surface area contributed by atoms with Crippen molar-refractivity contribution in [2.45, 2.75) is 6.54 Å².